The van der Waals surface area contributed by atoms with Crippen molar-refractivity contribution in [2.24, 2.45) is 0 Å². The van der Waals surface area contributed by atoms with E-state index in [-0.39, 0.29) is 17.1 Å². The number of hydrogen-bond acceptors (Lipinski definition) is 2. The van der Waals surface area contributed by atoms with Gasteiger partial charge in [0.05, 0.1) is 0 Å². The minimum absolute atomic E-state index is 0. The number of benzene rings is 2. The molecule has 0 amide bonds. The summed E-state index contributed by atoms with van der Waals surface area (Å²) in [6.07, 6.45) is 0. The fourth-order valence-corrected chi connectivity index (χ4v) is 2.06. The minimum atomic E-state index is 0. The van der Waals surface area contributed by atoms with Gasteiger partial charge < -0.3 is 20.4 Å². The largest absolute Gasteiger partial charge is 4.00 e. The standard InChI is InChI=1S/2C9H13N2.Fe/c2*1-10-8-6-4-5-7-9(8)11(2)3;/h2*4-7H,1-3H3;/q2*-1;+4. The van der Waals surface area contributed by atoms with Gasteiger partial charge in [-0.15, -0.1) is 25.5 Å². The van der Waals surface area contributed by atoms with Gasteiger partial charge in [-0.25, -0.2) is 0 Å². The van der Waals surface area contributed by atoms with Crippen molar-refractivity contribution in [1.82, 2.24) is 0 Å². The minimum Gasteiger partial charge on any atom is -0.685 e. The van der Waals surface area contributed by atoms with Crippen LogP contribution in [0.15, 0.2) is 48.5 Å². The van der Waals surface area contributed by atoms with Crippen LogP contribution in [0, 0.1) is 0 Å². The molecule has 23 heavy (non-hydrogen) atoms. The van der Waals surface area contributed by atoms with Crippen LogP contribution >= 0.6 is 0 Å². The summed E-state index contributed by atoms with van der Waals surface area (Å²) in [4.78, 5) is 4.12. The second kappa shape index (κ2) is 10.8. The van der Waals surface area contributed by atoms with Crippen molar-refractivity contribution in [3.8, 4) is 0 Å². The zero-order valence-electron chi connectivity index (χ0n) is 14.8. The summed E-state index contributed by atoms with van der Waals surface area (Å²) in [5.41, 5.74) is 4.40. The molecule has 2 rings (SSSR count). The molecule has 2 aromatic carbocycles. The Morgan fingerprint density at radius 3 is 1.13 bits per heavy atom. The van der Waals surface area contributed by atoms with Gasteiger partial charge in [-0.3, -0.25) is 0 Å². The SMILES string of the molecule is C[N-]c1ccccc1N(C)C.C[N-]c1ccccc1N(C)C.[Fe+4]. The van der Waals surface area contributed by atoms with E-state index in [1.165, 1.54) is 0 Å². The van der Waals surface area contributed by atoms with E-state index in [1.54, 1.807) is 0 Å². The molecule has 4 nitrogen and oxygen atoms in total. The number of rotatable bonds is 4. The fraction of sp³-hybridized carbons (Fsp3) is 0.333. The maximum absolute atomic E-state index is 4.15. The molecule has 0 aliphatic heterocycles. The van der Waals surface area contributed by atoms with Crippen molar-refractivity contribution in [3.63, 3.8) is 0 Å². The number of hydrogen-bond donors (Lipinski definition) is 0. The van der Waals surface area contributed by atoms with Crippen LogP contribution in [-0.4, -0.2) is 42.3 Å². The third kappa shape index (κ3) is 6.43. The van der Waals surface area contributed by atoms with Crippen LogP contribution in [0.1, 0.15) is 0 Å². The molecule has 0 aliphatic carbocycles. The van der Waals surface area contributed by atoms with Crippen LogP contribution in [0.3, 0.4) is 0 Å². The Kier molecular flexibility index (Phi) is 9.95. The molecule has 0 spiro atoms. The van der Waals surface area contributed by atoms with Crippen LogP contribution in [-0.2, 0) is 17.1 Å². The molecular weight excluding hydrogens is 328 g/mol. The quantitative estimate of drug-likeness (QED) is 0.741. The predicted octanol–water partition coefficient (Wildman–Crippen LogP) is 4.77. The summed E-state index contributed by atoms with van der Waals surface area (Å²) >= 11 is 0. The molecule has 2 aromatic rings. The summed E-state index contributed by atoms with van der Waals surface area (Å²) in [7, 11) is 11.7. The molecule has 0 radical (unpaired) electrons. The van der Waals surface area contributed by atoms with Crippen LogP contribution in [0.4, 0.5) is 22.7 Å². The first kappa shape index (κ1) is 21.2. The van der Waals surface area contributed by atoms with Gasteiger partial charge in [0.15, 0.2) is 0 Å². The average molecular weight is 354 g/mol. The van der Waals surface area contributed by atoms with Gasteiger partial charge in [0.25, 0.3) is 0 Å². The molecule has 0 heterocycles. The zero-order valence-corrected chi connectivity index (χ0v) is 15.9. The van der Waals surface area contributed by atoms with E-state index in [9.17, 15) is 0 Å². The number of anilines is 2. The van der Waals surface area contributed by atoms with Crippen molar-refractivity contribution >= 4 is 22.7 Å². The Labute approximate surface area is 151 Å². The third-order valence-corrected chi connectivity index (χ3v) is 3.21. The molecule has 0 aromatic heterocycles. The summed E-state index contributed by atoms with van der Waals surface area (Å²) < 4.78 is 0. The molecule has 0 aliphatic rings. The Morgan fingerprint density at radius 2 is 0.913 bits per heavy atom. The van der Waals surface area contributed by atoms with E-state index >= 15 is 0 Å². The zero-order chi connectivity index (χ0) is 16.5. The topological polar surface area (TPSA) is 34.7 Å². The van der Waals surface area contributed by atoms with Crippen molar-refractivity contribution in [1.29, 1.82) is 0 Å². The normalized spacial score (nSPS) is 8.96. The monoisotopic (exact) mass is 354 g/mol. The van der Waals surface area contributed by atoms with Crippen molar-refractivity contribution < 1.29 is 17.1 Å². The van der Waals surface area contributed by atoms with Crippen LogP contribution in [0.5, 0.6) is 0 Å². The molecule has 0 unspecified atom stereocenters. The molecule has 0 fully saturated rings. The van der Waals surface area contributed by atoms with E-state index in [0.717, 1.165) is 22.7 Å². The maximum Gasteiger partial charge on any atom is 4.00 e. The van der Waals surface area contributed by atoms with Crippen LogP contribution in [0.25, 0.3) is 10.6 Å². The Bertz CT molecular complexity index is 519. The second-order valence-electron chi connectivity index (χ2n) is 5.21. The number of nitrogens with zero attached hydrogens (tertiary/aromatic N) is 4. The first-order valence-electron chi connectivity index (χ1n) is 7.23. The van der Waals surface area contributed by atoms with Gasteiger partial charge in [0.2, 0.25) is 0 Å². The van der Waals surface area contributed by atoms with E-state index in [2.05, 4.69) is 32.6 Å². The summed E-state index contributed by atoms with van der Waals surface area (Å²) in [5.74, 6) is 0. The molecular formula is C18H26FeN4+2. The van der Waals surface area contributed by atoms with Gasteiger partial charge in [0, 0.05) is 39.6 Å². The van der Waals surface area contributed by atoms with E-state index < -0.39 is 0 Å². The molecule has 0 atom stereocenters. The van der Waals surface area contributed by atoms with Crippen LogP contribution < -0.4 is 9.80 Å². The predicted molar refractivity (Wildman–Crippen MR) is 99.4 cm³/mol. The molecule has 5 heteroatoms. The number of para-hydroxylation sites is 4. The Morgan fingerprint density at radius 1 is 0.609 bits per heavy atom. The maximum atomic E-state index is 4.15. The summed E-state index contributed by atoms with van der Waals surface area (Å²) in [6, 6.07) is 16.2. The van der Waals surface area contributed by atoms with Gasteiger partial charge in [-0.1, -0.05) is 36.4 Å². The van der Waals surface area contributed by atoms with Gasteiger partial charge in [-0.05, 0) is 12.1 Å². The van der Waals surface area contributed by atoms with E-state index in [0.29, 0.717) is 0 Å². The Hall–Kier alpha value is -1.84. The van der Waals surface area contributed by atoms with Crippen LogP contribution in [0.2, 0.25) is 0 Å². The third-order valence-electron chi connectivity index (χ3n) is 3.21. The fourth-order valence-electron chi connectivity index (χ4n) is 2.06. The summed E-state index contributed by atoms with van der Waals surface area (Å²) in [5, 5.41) is 8.30. The van der Waals surface area contributed by atoms with Gasteiger partial charge in [0.1, 0.15) is 0 Å². The van der Waals surface area contributed by atoms with Gasteiger partial charge >= 0.3 is 17.1 Å². The Balaban J connectivity index is 0.000000403. The summed E-state index contributed by atoms with van der Waals surface area (Å²) in [6.45, 7) is 0. The van der Waals surface area contributed by atoms with Crippen molar-refractivity contribution in [2.45, 2.75) is 0 Å². The van der Waals surface area contributed by atoms with Gasteiger partial charge in [-0.2, -0.15) is 0 Å². The molecule has 0 bridgehead atoms. The first-order chi connectivity index (χ1) is 10.5. The average Bonchev–Trinajstić information content (AvgIpc) is 2.55. The first-order valence-corrected chi connectivity index (χ1v) is 7.23. The smallest absolute Gasteiger partial charge is 0.685 e. The van der Waals surface area contributed by atoms with Crippen molar-refractivity contribution in [2.75, 3.05) is 52.1 Å². The second-order valence-corrected chi connectivity index (χ2v) is 5.21. The molecule has 124 valence electrons. The van der Waals surface area contributed by atoms with Crippen molar-refractivity contribution in [3.05, 3.63) is 59.2 Å². The molecule has 0 N–H and O–H groups in total. The molecule has 0 saturated heterocycles. The van der Waals surface area contributed by atoms with E-state index in [4.69, 9.17) is 0 Å². The van der Waals surface area contributed by atoms with E-state index in [1.807, 2.05) is 78.7 Å². The molecule has 0 saturated carbocycles.